The van der Waals surface area contributed by atoms with Gasteiger partial charge < -0.3 is 9.67 Å². The number of benzene rings is 1. The van der Waals surface area contributed by atoms with Crippen LogP contribution in [0.4, 0.5) is 0 Å². The van der Waals surface area contributed by atoms with E-state index in [0.717, 1.165) is 10.8 Å². The number of aromatic nitrogens is 1. The number of hydrogen-bond acceptors (Lipinski definition) is 1. The van der Waals surface area contributed by atoms with Gasteiger partial charge in [0.2, 0.25) is 0 Å². The first kappa shape index (κ1) is 6.28. The van der Waals surface area contributed by atoms with Crippen LogP contribution >= 0.6 is 0 Å². The summed E-state index contributed by atoms with van der Waals surface area (Å²) in [5.74, 6) is 0.334. The summed E-state index contributed by atoms with van der Waals surface area (Å²) in [6.07, 6.45) is 1.91. The van der Waals surface area contributed by atoms with Gasteiger partial charge in [-0.2, -0.15) is 0 Å². The van der Waals surface area contributed by atoms with E-state index >= 15 is 0 Å². The molecule has 0 unspecified atom stereocenters. The second-order valence-electron chi connectivity index (χ2n) is 2.65. The maximum absolute atomic E-state index is 9.46. The zero-order valence-corrected chi connectivity index (χ0v) is 6.28. The molecule has 2 heteroatoms. The lowest BCUT2D eigenvalue weighted by Crippen LogP contribution is -1.80. The molecule has 2 aromatic rings. The Balaban J connectivity index is 2.92. The predicted octanol–water partition coefficient (Wildman–Crippen LogP) is 1.88. The molecule has 0 aliphatic carbocycles. The molecule has 0 aliphatic rings. The largest absolute Gasteiger partial charge is 0.494 e. The van der Waals surface area contributed by atoms with E-state index in [9.17, 15) is 5.11 Å². The Morgan fingerprint density at radius 2 is 2.00 bits per heavy atom. The normalized spacial score (nSPS) is 10.6. The molecule has 1 aromatic carbocycles. The van der Waals surface area contributed by atoms with Crippen molar-refractivity contribution in [3.63, 3.8) is 0 Å². The number of nitrogens with zero attached hydrogens (tertiary/aromatic N) is 1. The van der Waals surface area contributed by atoms with Crippen LogP contribution in [0.25, 0.3) is 10.8 Å². The minimum atomic E-state index is 0.334. The molecule has 0 spiro atoms. The molecule has 1 aromatic heterocycles. The second kappa shape index (κ2) is 2.02. The Labute approximate surface area is 64.7 Å². The first-order valence-corrected chi connectivity index (χ1v) is 3.52. The summed E-state index contributed by atoms with van der Waals surface area (Å²) in [5, 5.41) is 11.4. The minimum absolute atomic E-state index is 0.334. The third kappa shape index (κ3) is 0.792. The van der Waals surface area contributed by atoms with Gasteiger partial charge in [-0.15, -0.1) is 0 Å². The smallest absolute Gasteiger partial charge is 0.198 e. The first-order valence-electron chi connectivity index (χ1n) is 3.52. The minimum Gasteiger partial charge on any atom is -0.494 e. The van der Waals surface area contributed by atoms with Crippen LogP contribution in [0.2, 0.25) is 0 Å². The molecule has 1 heterocycles. The second-order valence-corrected chi connectivity index (χ2v) is 2.65. The highest BCUT2D eigenvalue weighted by Crippen LogP contribution is 2.24. The van der Waals surface area contributed by atoms with Crippen LogP contribution in [0.15, 0.2) is 30.5 Å². The number of rotatable bonds is 0. The third-order valence-electron chi connectivity index (χ3n) is 1.87. The van der Waals surface area contributed by atoms with E-state index in [1.54, 1.807) is 4.57 Å². The molecule has 2 rings (SSSR count). The summed E-state index contributed by atoms with van der Waals surface area (Å²) in [5.41, 5.74) is 0. The predicted molar refractivity (Wildman–Crippen MR) is 44.6 cm³/mol. The summed E-state index contributed by atoms with van der Waals surface area (Å²) < 4.78 is 1.71. The quantitative estimate of drug-likeness (QED) is 0.604. The highest BCUT2D eigenvalue weighted by molar-refractivity contribution is 5.87. The van der Waals surface area contributed by atoms with Crippen molar-refractivity contribution in [2.45, 2.75) is 0 Å². The monoisotopic (exact) mass is 147 g/mol. The lowest BCUT2D eigenvalue weighted by atomic mass is 10.2. The molecule has 0 saturated carbocycles. The molecule has 11 heavy (non-hydrogen) atoms. The van der Waals surface area contributed by atoms with Crippen molar-refractivity contribution < 1.29 is 5.11 Å². The van der Waals surface area contributed by atoms with Crippen LogP contribution in [0.5, 0.6) is 5.88 Å². The van der Waals surface area contributed by atoms with Crippen molar-refractivity contribution in [3.05, 3.63) is 30.5 Å². The van der Waals surface area contributed by atoms with Crippen molar-refractivity contribution in [1.82, 2.24) is 4.57 Å². The topological polar surface area (TPSA) is 25.2 Å². The van der Waals surface area contributed by atoms with E-state index < -0.39 is 0 Å². The van der Waals surface area contributed by atoms with Gasteiger partial charge in [-0.25, -0.2) is 0 Å². The van der Waals surface area contributed by atoms with Gasteiger partial charge in [0.05, 0.1) is 0 Å². The van der Waals surface area contributed by atoms with Gasteiger partial charge in [0.1, 0.15) is 0 Å². The maximum atomic E-state index is 9.46. The Morgan fingerprint density at radius 3 is 2.73 bits per heavy atom. The lowest BCUT2D eigenvalue weighted by molar-refractivity contribution is 0.438. The molecular formula is C9H9NO. The van der Waals surface area contributed by atoms with E-state index in [1.165, 1.54) is 0 Å². The number of aromatic hydroxyl groups is 1. The standard InChI is InChI=1S/C9H9NO/c1-10-6-7-4-2-3-5-8(7)9(10)11/h2-6,11H,1H3. The zero-order valence-electron chi connectivity index (χ0n) is 6.28. The SMILES string of the molecule is Cn1cc2ccccc2c1O. The zero-order chi connectivity index (χ0) is 7.84. The third-order valence-corrected chi connectivity index (χ3v) is 1.87. The molecule has 0 bridgehead atoms. The van der Waals surface area contributed by atoms with Crippen LogP contribution in [-0.4, -0.2) is 9.67 Å². The molecule has 0 fully saturated rings. The van der Waals surface area contributed by atoms with Gasteiger partial charge in [-0.1, -0.05) is 18.2 Å². The Bertz CT molecular complexity index is 389. The molecular weight excluding hydrogens is 138 g/mol. The van der Waals surface area contributed by atoms with Gasteiger partial charge >= 0.3 is 0 Å². The molecule has 0 radical (unpaired) electrons. The number of fused-ring (bicyclic) bond motifs is 1. The van der Waals surface area contributed by atoms with Crippen LogP contribution in [0.1, 0.15) is 0 Å². The summed E-state index contributed by atoms with van der Waals surface area (Å²) in [6.45, 7) is 0. The van der Waals surface area contributed by atoms with Gasteiger partial charge in [-0.3, -0.25) is 0 Å². The summed E-state index contributed by atoms with van der Waals surface area (Å²) >= 11 is 0. The fraction of sp³-hybridized carbons (Fsp3) is 0.111. The van der Waals surface area contributed by atoms with Crippen LogP contribution in [0.3, 0.4) is 0 Å². The van der Waals surface area contributed by atoms with E-state index in [4.69, 9.17) is 0 Å². The van der Waals surface area contributed by atoms with Crippen molar-refractivity contribution in [2.75, 3.05) is 0 Å². The lowest BCUT2D eigenvalue weighted by Gasteiger charge is -1.91. The first-order chi connectivity index (χ1) is 5.29. The van der Waals surface area contributed by atoms with E-state index in [1.807, 2.05) is 37.5 Å². The Morgan fingerprint density at radius 1 is 1.27 bits per heavy atom. The molecule has 0 atom stereocenters. The summed E-state index contributed by atoms with van der Waals surface area (Å²) in [6, 6.07) is 7.77. The van der Waals surface area contributed by atoms with Crippen LogP contribution in [-0.2, 0) is 7.05 Å². The van der Waals surface area contributed by atoms with Crippen molar-refractivity contribution in [1.29, 1.82) is 0 Å². The number of hydrogen-bond donors (Lipinski definition) is 1. The molecule has 1 N–H and O–H groups in total. The maximum Gasteiger partial charge on any atom is 0.198 e. The molecule has 56 valence electrons. The molecule has 0 saturated heterocycles. The van der Waals surface area contributed by atoms with Crippen molar-refractivity contribution in [3.8, 4) is 5.88 Å². The fourth-order valence-corrected chi connectivity index (χ4v) is 1.27. The number of aryl methyl sites for hydroxylation is 1. The van der Waals surface area contributed by atoms with Crippen LogP contribution in [0, 0.1) is 0 Å². The van der Waals surface area contributed by atoms with Gasteiger partial charge in [0, 0.05) is 24.0 Å². The van der Waals surface area contributed by atoms with Crippen molar-refractivity contribution in [2.24, 2.45) is 7.05 Å². The van der Waals surface area contributed by atoms with E-state index in [-0.39, 0.29) is 0 Å². The molecule has 0 aliphatic heterocycles. The van der Waals surface area contributed by atoms with Gasteiger partial charge in [0.15, 0.2) is 5.88 Å². The van der Waals surface area contributed by atoms with E-state index in [2.05, 4.69) is 0 Å². The van der Waals surface area contributed by atoms with Gasteiger partial charge in [0.25, 0.3) is 0 Å². The molecule has 2 nitrogen and oxygen atoms in total. The van der Waals surface area contributed by atoms with Crippen LogP contribution < -0.4 is 0 Å². The highest BCUT2D eigenvalue weighted by Gasteiger charge is 2.01. The summed E-state index contributed by atoms with van der Waals surface area (Å²) in [7, 11) is 1.83. The van der Waals surface area contributed by atoms with E-state index in [0.29, 0.717) is 5.88 Å². The average molecular weight is 147 g/mol. The fourth-order valence-electron chi connectivity index (χ4n) is 1.27. The average Bonchev–Trinajstić information content (AvgIpc) is 2.30. The highest BCUT2D eigenvalue weighted by atomic mass is 16.3. The Hall–Kier alpha value is -1.44. The van der Waals surface area contributed by atoms with Crippen molar-refractivity contribution >= 4 is 10.8 Å². The van der Waals surface area contributed by atoms with Gasteiger partial charge in [-0.05, 0) is 6.07 Å². The Kier molecular flexibility index (Phi) is 1.15. The molecule has 0 amide bonds. The summed E-state index contributed by atoms with van der Waals surface area (Å²) in [4.78, 5) is 0.